The van der Waals surface area contributed by atoms with Gasteiger partial charge >= 0.3 is 0 Å². The molecule has 1 aromatic rings. The van der Waals surface area contributed by atoms with Crippen molar-refractivity contribution in [2.24, 2.45) is 0 Å². The Bertz CT molecular complexity index is 463. The molecule has 110 valence electrons. The first kappa shape index (κ1) is 16.3. The first-order chi connectivity index (χ1) is 9.60. The number of benzene rings is 1. The molecule has 0 radical (unpaired) electrons. The van der Waals surface area contributed by atoms with E-state index in [4.69, 9.17) is 0 Å². The van der Waals surface area contributed by atoms with Gasteiger partial charge in [0.2, 0.25) is 0 Å². The van der Waals surface area contributed by atoms with Crippen molar-refractivity contribution in [2.75, 3.05) is 39.4 Å². The number of allylic oxidation sites excluding steroid dienone is 2. The lowest BCUT2D eigenvalue weighted by molar-refractivity contribution is -0.464. The molecule has 0 heterocycles. The molecule has 0 N–H and O–H groups in total. The summed E-state index contributed by atoms with van der Waals surface area (Å²) in [5, 5.41) is 0. The summed E-state index contributed by atoms with van der Waals surface area (Å²) >= 11 is 0. The van der Waals surface area contributed by atoms with E-state index < -0.39 is 13.3 Å². The highest BCUT2D eigenvalue weighted by molar-refractivity contribution is 5.92. The molecular weight excluding hydrogens is 258 g/mol. The number of nitrogens with zero attached hydrogens (tertiary/aromatic N) is 2. The van der Waals surface area contributed by atoms with E-state index in [9.17, 15) is 8.78 Å². The van der Waals surface area contributed by atoms with Crippen LogP contribution in [0.2, 0.25) is 0 Å². The van der Waals surface area contributed by atoms with Crippen molar-refractivity contribution in [1.29, 1.82) is 0 Å². The van der Waals surface area contributed by atoms with Gasteiger partial charge in [-0.15, -0.1) is 0 Å². The van der Waals surface area contributed by atoms with Crippen molar-refractivity contribution >= 4 is 11.4 Å². The quantitative estimate of drug-likeness (QED) is 0.548. The summed E-state index contributed by atoms with van der Waals surface area (Å²) in [5.74, 6) is 0. The van der Waals surface area contributed by atoms with Crippen LogP contribution in [0.4, 0.5) is 14.5 Å². The Hall–Kier alpha value is -1.71. The van der Waals surface area contributed by atoms with E-state index in [0.717, 1.165) is 17.1 Å². The highest BCUT2D eigenvalue weighted by Crippen LogP contribution is 2.19. The van der Waals surface area contributed by atoms with Crippen LogP contribution in [0.1, 0.15) is 12.8 Å². The SMILES string of the molecule is CN(/C(=C\C(CCF)=[N+](C)C)CCF)c1ccccc1. The van der Waals surface area contributed by atoms with Gasteiger partial charge in [-0.25, -0.2) is 4.58 Å². The van der Waals surface area contributed by atoms with Gasteiger partial charge in [-0.2, -0.15) is 0 Å². The van der Waals surface area contributed by atoms with Crippen LogP contribution in [-0.4, -0.2) is 44.8 Å². The van der Waals surface area contributed by atoms with Crippen LogP contribution in [0.5, 0.6) is 0 Å². The molecular formula is C16H23F2N2+. The number of hydrogen-bond donors (Lipinski definition) is 0. The monoisotopic (exact) mass is 281 g/mol. The zero-order valence-electron chi connectivity index (χ0n) is 12.4. The molecule has 0 unspecified atom stereocenters. The van der Waals surface area contributed by atoms with Crippen molar-refractivity contribution in [3.8, 4) is 0 Å². The highest BCUT2D eigenvalue weighted by atomic mass is 19.1. The lowest BCUT2D eigenvalue weighted by atomic mass is 10.1. The molecule has 0 aromatic heterocycles. The zero-order chi connectivity index (χ0) is 15.0. The van der Waals surface area contributed by atoms with Gasteiger partial charge in [-0.05, 0) is 12.1 Å². The Morgan fingerprint density at radius 2 is 1.70 bits per heavy atom. The van der Waals surface area contributed by atoms with Crippen LogP contribution in [0, 0.1) is 0 Å². The molecule has 0 saturated heterocycles. The van der Waals surface area contributed by atoms with Gasteiger partial charge in [0.15, 0.2) is 5.71 Å². The maximum atomic E-state index is 12.8. The fourth-order valence-corrected chi connectivity index (χ4v) is 1.96. The molecule has 0 bridgehead atoms. The second-order valence-electron chi connectivity index (χ2n) is 4.79. The normalized spacial score (nSPS) is 11.3. The van der Waals surface area contributed by atoms with E-state index in [0.29, 0.717) is 12.8 Å². The molecule has 0 saturated carbocycles. The number of rotatable bonds is 7. The zero-order valence-corrected chi connectivity index (χ0v) is 12.4. The third-order valence-electron chi connectivity index (χ3n) is 3.18. The summed E-state index contributed by atoms with van der Waals surface area (Å²) < 4.78 is 27.3. The lowest BCUT2D eigenvalue weighted by Gasteiger charge is -2.22. The molecule has 0 aliphatic rings. The minimum Gasteiger partial charge on any atom is -0.348 e. The number of anilines is 1. The predicted molar refractivity (Wildman–Crippen MR) is 81.2 cm³/mol. The standard InChI is InChI=1S/C16H23F2N2/c1-19(2)15(9-11-17)13-16(10-12-18)20(3)14-7-5-4-6-8-14/h4-8,13H,9-12H2,1-3H3/q+1. The third-order valence-corrected chi connectivity index (χ3v) is 3.18. The van der Waals surface area contributed by atoms with E-state index in [1.165, 1.54) is 0 Å². The van der Waals surface area contributed by atoms with E-state index in [2.05, 4.69) is 0 Å². The van der Waals surface area contributed by atoms with Crippen LogP contribution in [-0.2, 0) is 0 Å². The molecule has 0 amide bonds. The van der Waals surface area contributed by atoms with Crippen molar-refractivity contribution in [3.63, 3.8) is 0 Å². The van der Waals surface area contributed by atoms with Crippen LogP contribution in [0.3, 0.4) is 0 Å². The van der Waals surface area contributed by atoms with Gasteiger partial charge in [0, 0.05) is 30.9 Å². The minimum atomic E-state index is -0.431. The van der Waals surface area contributed by atoms with Crippen LogP contribution in [0.25, 0.3) is 0 Å². The number of para-hydroxylation sites is 1. The van der Waals surface area contributed by atoms with Crippen molar-refractivity contribution in [1.82, 2.24) is 0 Å². The predicted octanol–water partition coefficient (Wildman–Crippen LogP) is 3.44. The molecule has 1 rings (SSSR count). The van der Waals surface area contributed by atoms with Crippen molar-refractivity contribution in [3.05, 3.63) is 42.1 Å². The molecule has 0 atom stereocenters. The van der Waals surface area contributed by atoms with E-state index in [-0.39, 0.29) is 0 Å². The Morgan fingerprint density at radius 3 is 2.20 bits per heavy atom. The smallest absolute Gasteiger partial charge is 0.179 e. The van der Waals surface area contributed by atoms with Gasteiger partial charge in [-0.3, -0.25) is 8.78 Å². The van der Waals surface area contributed by atoms with Crippen molar-refractivity contribution < 1.29 is 13.4 Å². The van der Waals surface area contributed by atoms with E-state index in [1.807, 2.05) is 67.0 Å². The highest BCUT2D eigenvalue weighted by Gasteiger charge is 2.12. The molecule has 1 aromatic carbocycles. The summed E-state index contributed by atoms with van der Waals surface area (Å²) in [7, 11) is 5.65. The molecule has 4 heteroatoms. The van der Waals surface area contributed by atoms with Crippen molar-refractivity contribution in [2.45, 2.75) is 12.8 Å². The Morgan fingerprint density at radius 1 is 1.10 bits per heavy atom. The average Bonchev–Trinajstić information content (AvgIpc) is 2.46. The topological polar surface area (TPSA) is 6.25 Å². The molecule has 20 heavy (non-hydrogen) atoms. The Kier molecular flexibility index (Phi) is 6.91. The minimum absolute atomic E-state index is 0.315. The first-order valence-electron chi connectivity index (χ1n) is 6.74. The van der Waals surface area contributed by atoms with Gasteiger partial charge < -0.3 is 4.90 Å². The summed E-state index contributed by atoms with van der Waals surface area (Å²) in [5.41, 5.74) is 2.69. The molecule has 0 aliphatic carbocycles. The van der Waals surface area contributed by atoms with Crippen LogP contribution < -0.4 is 4.90 Å². The van der Waals surface area contributed by atoms with Gasteiger partial charge in [0.05, 0.1) is 19.8 Å². The molecule has 0 fully saturated rings. The number of hydrogen-bond acceptors (Lipinski definition) is 1. The largest absolute Gasteiger partial charge is 0.348 e. The average molecular weight is 281 g/mol. The first-order valence-corrected chi connectivity index (χ1v) is 6.74. The Labute approximate surface area is 120 Å². The Balaban J connectivity index is 3.07. The van der Waals surface area contributed by atoms with Crippen LogP contribution in [0.15, 0.2) is 42.1 Å². The summed E-state index contributed by atoms with van der Waals surface area (Å²) in [6.45, 7) is -0.846. The van der Waals surface area contributed by atoms with E-state index in [1.54, 1.807) is 0 Å². The molecule has 0 spiro atoms. The fourth-order valence-electron chi connectivity index (χ4n) is 1.96. The molecule has 0 aliphatic heterocycles. The van der Waals surface area contributed by atoms with Gasteiger partial charge in [-0.1, -0.05) is 18.2 Å². The second-order valence-corrected chi connectivity index (χ2v) is 4.79. The maximum absolute atomic E-state index is 12.8. The van der Waals surface area contributed by atoms with Gasteiger partial charge in [0.25, 0.3) is 0 Å². The summed E-state index contributed by atoms with van der Waals surface area (Å²) in [6.07, 6.45) is 2.53. The summed E-state index contributed by atoms with van der Waals surface area (Å²) in [6, 6.07) is 9.76. The van der Waals surface area contributed by atoms with Crippen LogP contribution >= 0.6 is 0 Å². The third kappa shape index (κ3) is 4.76. The van der Waals surface area contributed by atoms with Gasteiger partial charge in [0.1, 0.15) is 14.1 Å². The second kappa shape index (κ2) is 8.46. The maximum Gasteiger partial charge on any atom is 0.179 e. The molecule has 2 nitrogen and oxygen atoms in total. The van der Waals surface area contributed by atoms with E-state index >= 15 is 0 Å². The summed E-state index contributed by atoms with van der Waals surface area (Å²) in [4.78, 5) is 1.95. The number of halogens is 2. The number of alkyl halides is 2. The lowest BCUT2D eigenvalue weighted by Crippen LogP contribution is -2.20. The fraction of sp³-hybridized carbons (Fsp3) is 0.438.